The number of hydrogen-bond acceptors (Lipinski definition) is 7. The van der Waals surface area contributed by atoms with Crippen LogP contribution in [0.3, 0.4) is 0 Å². The van der Waals surface area contributed by atoms with Gasteiger partial charge in [0.25, 0.3) is 0 Å². The van der Waals surface area contributed by atoms with Gasteiger partial charge in [0.1, 0.15) is 24.6 Å². The molecule has 38 heavy (non-hydrogen) atoms. The van der Waals surface area contributed by atoms with Gasteiger partial charge in [-0.3, -0.25) is 0 Å². The number of imidazole rings is 1. The number of aromatic nitrogens is 2. The molecule has 9 nitrogen and oxygen atoms in total. The van der Waals surface area contributed by atoms with Crippen molar-refractivity contribution in [2.45, 2.75) is 18.4 Å². The van der Waals surface area contributed by atoms with E-state index >= 15 is 0 Å². The standard InChI is InChI=1S/C25H26Cl2N4O5.2ClH/c26-18-1-6-22(23(27)13-18)25(16-29-8-7-28-17-29)35-15-21(36-25)14-34-20-4-2-19(3-5-20)30-9-11-31(12-10-30)24(32)33;;/h1-8,13,17,21H,9-12,14-16H2,(H,32,33);2*1H/p-1. The maximum atomic E-state index is 11.0. The number of nitrogens with zero attached hydrogens (tertiary/aromatic N) is 4. The van der Waals surface area contributed by atoms with E-state index in [1.165, 1.54) is 4.90 Å². The van der Waals surface area contributed by atoms with Crippen molar-refractivity contribution in [2.24, 2.45) is 0 Å². The van der Waals surface area contributed by atoms with Gasteiger partial charge in [-0.2, -0.15) is 0 Å². The van der Waals surface area contributed by atoms with Crippen LogP contribution < -0.4 is 14.7 Å². The van der Waals surface area contributed by atoms with E-state index in [1.807, 2.05) is 41.1 Å². The Bertz CT molecular complexity index is 1190. The minimum atomic E-state index is -1.12. The zero-order valence-corrected chi connectivity index (χ0v) is 23.3. The average molecular weight is 605 g/mol. The van der Waals surface area contributed by atoms with E-state index in [4.69, 9.17) is 37.4 Å². The predicted octanol–water partition coefficient (Wildman–Crippen LogP) is 3.85. The highest BCUT2D eigenvalue weighted by Gasteiger charge is 2.45. The first kappa shape index (κ1) is 30.1. The summed E-state index contributed by atoms with van der Waals surface area (Å²) in [4.78, 5) is 18.6. The molecule has 0 spiro atoms. The number of amides is 1. The number of hydrogen-bond donors (Lipinski definition) is 0. The number of ether oxygens (including phenoxy) is 3. The van der Waals surface area contributed by atoms with Crippen LogP contribution >= 0.6 is 48.0 Å². The SMILES string of the molecule is Cl.Cl.O=C([O-])N1CCN(c2ccc(OCC3COC(Cn4ccnc4)(c4ccc(Cl)cc4Cl)O3)cc2)CC1. The molecule has 5 rings (SSSR count). The average Bonchev–Trinajstić information content (AvgIpc) is 3.54. The summed E-state index contributed by atoms with van der Waals surface area (Å²) in [5.74, 6) is -0.402. The molecule has 3 heterocycles. The van der Waals surface area contributed by atoms with Crippen molar-refractivity contribution in [3.63, 3.8) is 0 Å². The molecule has 0 bridgehead atoms. The van der Waals surface area contributed by atoms with Gasteiger partial charge in [-0.05, 0) is 36.4 Å². The van der Waals surface area contributed by atoms with Gasteiger partial charge in [0.15, 0.2) is 0 Å². The first-order valence-electron chi connectivity index (χ1n) is 11.6. The lowest BCUT2D eigenvalue weighted by Crippen LogP contribution is -2.52. The summed E-state index contributed by atoms with van der Waals surface area (Å²) < 4.78 is 20.5. The predicted molar refractivity (Wildman–Crippen MR) is 147 cm³/mol. The second-order valence-corrected chi connectivity index (χ2v) is 9.55. The first-order chi connectivity index (χ1) is 17.4. The van der Waals surface area contributed by atoms with E-state index < -0.39 is 11.9 Å². The van der Waals surface area contributed by atoms with E-state index in [2.05, 4.69) is 9.88 Å². The highest BCUT2D eigenvalue weighted by atomic mass is 35.5. The fraction of sp³-hybridized carbons (Fsp3) is 0.360. The molecule has 2 aromatic carbocycles. The maximum absolute atomic E-state index is 11.0. The smallest absolute Gasteiger partial charge is 0.215 e. The van der Waals surface area contributed by atoms with Crippen molar-refractivity contribution in [1.82, 2.24) is 14.5 Å². The van der Waals surface area contributed by atoms with Crippen LogP contribution in [0.5, 0.6) is 5.75 Å². The molecule has 0 aliphatic carbocycles. The maximum Gasteiger partial charge on any atom is 0.215 e. The third-order valence-corrected chi connectivity index (χ3v) is 6.87. The van der Waals surface area contributed by atoms with Crippen LogP contribution in [0, 0.1) is 0 Å². The summed E-state index contributed by atoms with van der Waals surface area (Å²) in [6, 6.07) is 13.0. The normalized spacial score (nSPS) is 20.9. The lowest BCUT2D eigenvalue weighted by molar-refractivity contribution is -0.265. The summed E-state index contributed by atoms with van der Waals surface area (Å²) in [5.41, 5.74) is 1.70. The number of carboxylic acid groups (broad SMARTS) is 1. The quantitative estimate of drug-likeness (QED) is 0.404. The van der Waals surface area contributed by atoms with Crippen molar-refractivity contribution < 1.29 is 24.1 Å². The van der Waals surface area contributed by atoms with Gasteiger partial charge in [0, 0.05) is 54.8 Å². The third kappa shape index (κ3) is 6.77. The molecule has 206 valence electrons. The van der Waals surface area contributed by atoms with Gasteiger partial charge in [0.2, 0.25) is 5.79 Å². The van der Waals surface area contributed by atoms with Crippen molar-refractivity contribution >= 4 is 59.8 Å². The molecule has 2 saturated heterocycles. The fourth-order valence-electron chi connectivity index (χ4n) is 4.46. The van der Waals surface area contributed by atoms with Crippen molar-refractivity contribution in [3.05, 3.63) is 76.8 Å². The topological polar surface area (TPSA) is 92.1 Å². The Hall–Kier alpha value is -2.40. The van der Waals surface area contributed by atoms with Gasteiger partial charge in [-0.25, -0.2) is 4.98 Å². The zero-order valence-electron chi connectivity index (χ0n) is 20.2. The molecule has 0 saturated carbocycles. The first-order valence-corrected chi connectivity index (χ1v) is 12.3. The highest BCUT2D eigenvalue weighted by Crippen LogP contribution is 2.40. The summed E-state index contributed by atoms with van der Waals surface area (Å²) in [6.07, 6.45) is 3.78. The molecule has 2 atom stereocenters. The molecule has 2 unspecified atom stereocenters. The van der Waals surface area contributed by atoms with Crippen molar-refractivity contribution in [2.75, 3.05) is 44.3 Å². The number of carbonyl (C=O) groups excluding carboxylic acids is 1. The Balaban J connectivity index is 0.00000200. The van der Waals surface area contributed by atoms with Crippen LogP contribution in [0.15, 0.2) is 61.2 Å². The Morgan fingerprint density at radius 1 is 1.11 bits per heavy atom. The summed E-state index contributed by atoms with van der Waals surface area (Å²) in [7, 11) is 0. The molecule has 2 aliphatic rings. The molecule has 2 fully saturated rings. The van der Waals surface area contributed by atoms with Gasteiger partial charge in [0.05, 0.1) is 24.5 Å². The lowest BCUT2D eigenvalue weighted by atomic mass is 10.1. The Morgan fingerprint density at radius 3 is 2.47 bits per heavy atom. The van der Waals surface area contributed by atoms with E-state index in [0.717, 1.165) is 5.69 Å². The molecular weight excluding hydrogens is 578 g/mol. The van der Waals surface area contributed by atoms with Crippen LogP contribution in [0.1, 0.15) is 5.56 Å². The van der Waals surface area contributed by atoms with Crippen LogP contribution in [0.4, 0.5) is 10.5 Å². The molecule has 1 aromatic heterocycles. The molecule has 0 N–H and O–H groups in total. The molecule has 13 heteroatoms. The summed E-state index contributed by atoms with van der Waals surface area (Å²) in [5, 5.41) is 12.0. The second-order valence-electron chi connectivity index (χ2n) is 8.71. The summed E-state index contributed by atoms with van der Waals surface area (Å²) >= 11 is 12.6. The minimum Gasteiger partial charge on any atom is -0.530 e. The number of carbonyl (C=O) groups is 1. The van der Waals surface area contributed by atoms with E-state index in [0.29, 0.717) is 67.3 Å². The van der Waals surface area contributed by atoms with Gasteiger partial charge in [-0.15, -0.1) is 24.8 Å². The Labute approximate surface area is 243 Å². The van der Waals surface area contributed by atoms with Crippen LogP contribution in [-0.2, 0) is 21.8 Å². The van der Waals surface area contributed by atoms with Gasteiger partial charge < -0.3 is 38.5 Å². The lowest BCUT2D eigenvalue weighted by Gasteiger charge is -2.37. The van der Waals surface area contributed by atoms with Crippen LogP contribution in [0.2, 0.25) is 10.0 Å². The van der Waals surface area contributed by atoms with Crippen molar-refractivity contribution in [3.8, 4) is 5.75 Å². The highest BCUT2D eigenvalue weighted by molar-refractivity contribution is 6.35. The number of halogens is 4. The fourth-order valence-corrected chi connectivity index (χ4v) is 5.02. The van der Waals surface area contributed by atoms with Crippen LogP contribution in [-0.4, -0.2) is 66.0 Å². The number of rotatable bonds is 7. The van der Waals surface area contributed by atoms with Gasteiger partial charge >= 0.3 is 0 Å². The van der Waals surface area contributed by atoms with Crippen LogP contribution in [0.25, 0.3) is 0 Å². The van der Waals surface area contributed by atoms with E-state index in [9.17, 15) is 9.90 Å². The number of piperazine rings is 1. The Kier molecular flexibility index (Phi) is 10.4. The van der Waals surface area contributed by atoms with E-state index in [1.54, 1.807) is 24.7 Å². The van der Waals surface area contributed by atoms with Gasteiger partial charge in [-0.1, -0.05) is 29.3 Å². The zero-order chi connectivity index (χ0) is 25.1. The molecule has 3 aromatic rings. The molecular formula is C25H27Cl4N4O5-. The largest absolute Gasteiger partial charge is 0.530 e. The van der Waals surface area contributed by atoms with E-state index in [-0.39, 0.29) is 30.9 Å². The Morgan fingerprint density at radius 2 is 1.84 bits per heavy atom. The minimum absolute atomic E-state index is 0. The molecule has 0 radical (unpaired) electrons. The van der Waals surface area contributed by atoms with Crippen molar-refractivity contribution in [1.29, 1.82) is 0 Å². The third-order valence-electron chi connectivity index (χ3n) is 6.33. The molecule has 1 amide bonds. The summed E-state index contributed by atoms with van der Waals surface area (Å²) in [6.45, 7) is 3.08. The monoisotopic (exact) mass is 603 g/mol. The second kappa shape index (κ2) is 13.1. The number of anilines is 1. The molecule has 2 aliphatic heterocycles. The number of benzene rings is 2.